The number of nitrogens with zero attached hydrogens (tertiary/aromatic N) is 1. The monoisotopic (exact) mass is 267 g/mol. The molecule has 2 N–H and O–H groups in total. The van der Waals surface area contributed by atoms with Gasteiger partial charge in [0.15, 0.2) is 0 Å². The van der Waals surface area contributed by atoms with Gasteiger partial charge in [-0.3, -0.25) is 0 Å². The van der Waals surface area contributed by atoms with E-state index >= 15 is 0 Å². The van der Waals surface area contributed by atoms with Gasteiger partial charge in [-0.05, 0) is 63.7 Å². The van der Waals surface area contributed by atoms with Crippen molar-refractivity contribution in [2.75, 3.05) is 45.8 Å². The molecule has 2 rings (SSSR count). The van der Waals surface area contributed by atoms with Crippen LogP contribution in [0, 0.1) is 11.8 Å². The lowest BCUT2D eigenvalue weighted by atomic mass is 10.1. The highest BCUT2D eigenvalue weighted by Gasteiger charge is 2.21. The van der Waals surface area contributed by atoms with Gasteiger partial charge in [0.2, 0.25) is 0 Å². The van der Waals surface area contributed by atoms with Crippen molar-refractivity contribution in [3.8, 4) is 0 Å². The van der Waals surface area contributed by atoms with Crippen LogP contribution in [0.3, 0.4) is 0 Å². The van der Waals surface area contributed by atoms with Gasteiger partial charge in [0.05, 0.1) is 0 Å². The minimum atomic E-state index is 0.939. The first kappa shape index (κ1) is 15.3. The Morgan fingerprint density at radius 2 is 1.84 bits per heavy atom. The van der Waals surface area contributed by atoms with Crippen LogP contribution < -0.4 is 10.6 Å². The Kier molecular flexibility index (Phi) is 7.18. The average molecular weight is 267 g/mol. The number of hydrogen-bond acceptors (Lipinski definition) is 3. The van der Waals surface area contributed by atoms with Crippen molar-refractivity contribution in [1.82, 2.24) is 15.5 Å². The fourth-order valence-electron chi connectivity index (χ4n) is 3.59. The van der Waals surface area contributed by atoms with E-state index in [1.807, 2.05) is 0 Å². The van der Waals surface area contributed by atoms with Crippen molar-refractivity contribution in [1.29, 1.82) is 0 Å². The topological polar surface area (TPSA) is 27.3 Å². The minimum Gasteiger partial charge on any atom is -0.317 e. The number of nitrogens with one attached hydrogen (secondary N) is 2. The summed E-state index contributed by atoms with van der Waals surface area (Å²) in [7, 11) is 0. The lowest BCUT2D eigenvalue weighted by Gasteiger charge is -2.17. The molecule has 112 valence electrons. The molecule has 1 atom stereocenters. The summed E-state index contributed by atoms with van der Waals surface area (Å²) in [6.07, 6.45) is 8.62. The molecule has 1 aliphatic carbocycles. The van der Waals surface area contributed by atoms with E-state index in [0.717, 1.165) is 18.4 Å². The van der Waals surface area contributed by atoms with Crippen LogP contribution in [-0.2, 0) is 0 Å². The molecule has 1 unspecified atom stereocenters. The molecule has 1 saturated heterocycles. The third-order valence-corrected chi connectivity index (χ3v) is 4.86. The molecule has 1 heterocycles. The van der Waals surface area contributed by atoms with E-state index < -0.39 is 0 Å². The van der Waals surface area contributed by atoms with Gasteiger partial charge >= 0.3 is 0 Å². The lowest BCUT2D eigenvalue weighted by Crippen LogP contribution is -2.32. The highest BCUT2D eigenvalue weighted by Crippen LogP contribution is 2.23. The smallest absolute Gasteiger partial charge is 0.0107 e. The molecule has 0 amide bonds. The van der Waals surface area contributed by atoms with Crippen LogP contribution in [0.5, 0.6) is 0 Å². The van der Waals surface area contributed by atoms with Gasteiger partial charge in [0.1, 0.15) is 0 Å². The summed E-state index contributed by atoms with van der Waals surface area (Å²) >= 11 is 0. The standard InChI is InChI=1S/C16H33N3/c1-2-17-9-7-16-8-11-19(14-16)12-10-18-13-15-5-3-4-6-15/h15-18H,2-14H2,1H3. The second kappa shape index (κ2) is 8.93. The predicted octanol–water partition coefficient (Wildman–Crippen LogP) is 2.09. The molecule has 2 aliphatic rings. The molecule has 1 aliphatic heterocycles. The van der Waals surface area contributed by atoms with E-state index in [1.165, 1.54) is 77.8 Å². The first-order valence-electron chi connectivity index (χ1n) is 8.52. The Morgan fingerprint density at radius 1 is 1.00 bits per heavy atom. The van der Waals surface area contributed by atoms with Crippen LogP contribution in [-0.4, -0.2) is 50.7 Å². The first-order valence-corrected chi connectivity index (χ1v) is 8.52. The zero-order valence-corrected chi connectivity index (χ0v) is 12.8. The van der Waals surface area contributed by atoms with E-state index in [1.54, 1.807) is 0 Å². The van der Waals surface area contributed by atoms with Gasteiger partial charge in [0.25, 0.3) is 0 Å². The zero-order chi connectivity index (χ0) is 13.3. The Balaban J connectivity index is 1.45. The highest BCUT2D eigenvalue weighted by atomic mass is 15.2. The fourth-order valence-corrected chi connectivity index (χ4v) is 3.59. The van der Waals surface area contributed by atoms with Gasteiger partial charge in [-0.25, -0.2) is 0 Å². The molecule has 3 nitrogen and oxygen atoms in total. The summed E-state index contributed by atoms with van der Waals surface area (Å²) in [5.74, 6) is 1.92. The van der Waals surface area contributed by atoms with Gasteiger partial charge in [-0.15, -0.1) is 0 Å². The lowest BCUT2D eigenvalue weighted by molar-refractivity contribution is 0.314. The second-order valence-corrected chi connectivity index (χ2v) is 6.45. The van der Waals surface area contributed by atoms with Gasteiger partial charge in [-0.2, -0.15) is 0 Å². The summed E-state index contributed by atoms with van der Waals surface area (Å²) < 4.78 is 0. The zero-order valence-electron chi connectivity index (χ0n) is 12.8. The largest absolute Gasteiger partial charge is 0.317 e. The second-order valence-electron chi connectivity index (χ2n) is 6.45. The third-order valence-electron chi connectivity index (χ3n) is 4.86. The summed E-state index contributed by atoms with van der Waals surface area (Å²) in [5, 5.41) is 7.11. The first-order chi connectivity index (χ1) is 9.38. The van der Waals surface area contributed by atoms with Crippen molar-refractivity contribution < 1.29 is 0 Å². The molecule has 0 aromatic rings. The molecule has 0 aromatic carbocycles. The summed E-state index contributed by atoms with van der Waals surface area (Å²) in [6.45, 7) is 10.9. The van der Waals surface area contributed by atoms with Gasteiger partial charge < -0.3 is 15.5 Å². The van der Waals surface area contributed by atoms with E-state index in [9.17, 15) is 0 Å². The van der Waals surface area contributed by atoms with Crippen molar-refractivity contribution in [2.24, 2.45) is 11.8 Å². The van der Waals surface area contributed by atoms with Crippen LogP contribution >= 0.6 is 0 Å². The minimum absolute atomic E-state index is 0.939. The van der Waals surface area contributed by atoms with Crippen molar-refractivity contribution in [2.45, 2.75) is 45.4 Å². The molecule has 0 aromatic heterocycles. The van der Waals surface area contributed by atoms with Crippen LogP contribution in [0.1, 0.15) is 45.4 Å². The van der Waals surface area contributed by atoms with Gasteiger partial charge in [-0.1, -0.05) is 19.8 Å². The fraction of sp³-hybridized carbons (Fsp3) is 1.00. The van der Waals surface area contributed by atoms with Gasteiger partial charge in [0, 0.05) is 19.6 Å². The molecule has 0 spiro atoms. The van der Waals surface area contributed by atoms with E-state index in [-0.39, 0.29) is 0 Å². The maximum Gasteiger partial charge on any atom is 0.0107 e. The van der Waals surface area contributed by atoms with Crippen LogP contribution in [0.15, 0.2) is 0 Å². The Labute approximate surface area is 119 Å². The van der Waals surface area contributed by atoms with Crippen LogP contribution in [0.25, 0.3) is 0 Å². The number of likely N-dealkylation sites (tertiary alicyclic amines) is 1. The summed E-state index contributed by atoms with van der Waals surface area (Å²) in [4.78, 5) is 2.65. The molecule has 19 heavy (non-hydrogen) atoms. The Morgan fingerprint density at radius 3 is 2.63 bits per heavy atom. The summed E-state index contributed by atoms with van der Waals surface area (Å²) in [6, 6.07) is 0. The SMILES string of the molecule is CCNCCC1CCN(CCNCC2CCCC2)C1. The molecule has 3 heteroatoms. The van der Waals surface area contributed by atoms with E-state index in [4.69, 9.17) is 0 Å². The quantitative estimate of drug-likeness (QED) is 0.626. The van der Waals surface area contributed by atoms with E-state index in [0.29, 0.717) is 0 Å². The molecule has 0 radical (unpaired) electrons. The van der Waals surface area contributed by atoms with Crippen LogP contribution in [0.4, 0.5) is 0 Å². The Hall–Kier alpha value is -0.120. The summed E-state index contributed by atoms with van der Waals surface area (Å²) in [5.41, 5.74) is 0. The molecular weight excluding hydrogens is 234 g/mol. The average Bonchev–Trinajstić information content (AvgIpc) is 3.06. The maximum atomic E-state index is 3.67. The Bertz CT molecular complexity index is 226. The van der Waals surface area contributed by atoms with Crippen molar-refractivity contribution in [3.05, 3.63) is 0 Å². The number of rotatable bonds is 9. The normalized spacial score (nSPS) is 25.4. The predicted molar refractivity (Wildman–Crippen MR) is 82.5 cm³/mol. The number of hydrogen-bond donors (Lipinski definition) is 2. The third kappa shape index (κ3) is 5.80. The molecular formula is C16H33N3. The molecule has 2 fully saturated rings. The maximum absolute atomic E-state index is 3.67. The highest BCUT2D eigenvalue weighted by molar-refractivity contribution is 4.77. The van der Waals surface area contributed by atoms with E-state index in [2.05, 4.69) is 22.5 Å². The van der Waals surface area contributed by atoms with Crippen LogP contribution in [0.2, 0.25) is 0 Å². The molecule has 1 saturated carbocycles. The van der Waals surface area contributed by atoms with Crippen molar-refractivity contribution in [3.63, 3.8) is 0 Å². The van der Waals surface area contributed by atoms with Crippen molar-refractivity contribution >= 4 is 0 Å². The molecule has 0 bridgehead atoms.